The molecule has 0 aromatic rings. The van der Waals surface area contributed by atoms with Crippen molar-refractivity contribution in [2.45, 2.75) is 32.1 Å². The van der Waals surface area contributed by atoms with Crippen LogP contribution < -0.4 is 5.32 Å². The first-order chi connectivity index (χ1) is 8.16. The second-order valence-corrected chi connectivity index (χ2v) is 5.53. The van der Waals surface area contributed by atoms with Crippen molar-refractivity contribution in [1.29, 1.82) is 5.26 Å². The number of hydrogen-bond acceptors (Lipinski definition) is 3. The lowest BCUT2D eigenvalue weighted by Crippen LogP contribution is -2.40. The van der Waals surface area contributed by atoms with Gasteiger partial charge in [0.25, 0.3) is 0 Å². The van der Waals surface area contributed by atoms with Crippen LogP contribution in [0.2, 0.25) is 0 Å². The van der Waals surface area contributed by atoms with Crippen LogP contribution in [0.25, 0.3) is 0 Å². The molecule has 1 saturated carbocycles. The Morgan fingerprint density at radius 1 is 1.53 bits per heavy atom. The summed E-state index contributed by atoms with van der Waals surface area (Å²) in [6.07, 6.45) is 4.64. The van der Waals surface area contributed by atoms with Crippen LogP contribution >= 0.6 is 0 Å². The Morgan fingerprint density at radius 2 is 2.24 bits per heavy atom. The lowest BCUT2D eigenvalue weighted by Gasteiger charge is -2.20. The molecule has 4 heteroatoms. The number of carbonyl (C=O) groups excluding carboxylic acids is 1. The molecule has 1 aliphatic carbocycles. The van der Waals surface area contributed by atoms with E-state index in [1.54, 1.807) is 0 Å². The zero-order valence-electron chi connectivity index (χ0n) is 10.5. The fourth-order valence-corrected chi connectivity index (χ4v) is 2.97. The van der Waals surface area contributed by atoms with Crippen molar-refractivity contribution < 1.29 is 4.79 Å². The highest BCUT2D eigenvalue weighted by Crippen LogP contribution is 2.37. The molecular weight excluding hydrogens is 214 g/mol. The van der Waals surface area contributed by atoms with Gasteiger partial charge in [-0.2, -0.15) is 5.26 Å². The van der Waals surface area contributed by atoms with Crippen LogP contribution in [0.15, 0.2) is 0 Å². The van der Waals surface area contributed by atoms with Gasteiger partial charge in [-0.05, 0) is 38.8 Å². The molecule has 0 spiro atoms. The number of rotatable bonds is 3. The molecule has 1 saturated heterocycles. The summed E-state index contributed by atoms with van der Waals surface area (Å²) in [5.41, 5.74) is -0.718. The minimum Gasteiger partial charge on any atom is -0.354 e. The molecule has 0 radical (unpaired) electrons. The predicted octanol–water partition coefficient (Wildman–Crippen LogP) is 1.14. The normalized spacial score (nSPS) is 27.9. The summed E-state index contributed by atoms with van der Waals surface area (Å²) in [5.74, 6) is 0.521. The first-order valence-corrected chi connectivity index (χ1v) is 6.54. The van der Waals surface area contributed by atoms with Crippen molar-refractivity contribution >= 4 is 5.91 Å². The smallest absolute Gasteiger partial charge is 0.240 e. The van der Waals surface area contributed by atoms with E-state index < -0.39 is 5.41 Å². The Balaban J connectivity index is 1.83. The van der Waals surface area contributed by atoms with Gasteiger partial charge in [-0.1, -0.05) is 12.8 Å². The topological polar surface area (TPSA) is 56.1 Å². The number of likely N-dealkylation sites (tertiary alicyclic amines) is 1. The zero-order chi connectivity index (χ0) is 12.3. The summed E-state index contributed by atoms with van der Waals surface area (Å²) in [6, 6.07) is 2.24. The highest BCUT2D eigenvalue weighted by atomic mass is 16.2. The third kappa shape index (κ3) is 2.61. The maximum atomic E-state index is 12.1. The number of amides is 1. The molecule has 1 amide bonds. The second kappa shape index (κ2) is 5.05. The van der Waals surface area contributed by atoms with E-state index in [2.05, 4.69) is 23.3 Å². The van der Waals surface area contributed by atoms with E-state index in [1.165, 1.54) is 0 Å². The predicted molar refractivity (Wildman–Crippen MR) is 65.1 cm³/mol. The molecule has 1 N–H and O–H groups in total. The molecule has 0 aromatic carbocycles. The third-order valence-corrected chi connectivity index (χ3v) is 4.15. The first-order valence-electron chi connectivity index (χ1n) is 6.54. The minimum absolute atomic E-state index is 0.0351. The second-order valence-electron chi connectivity index (χ2n) is 5.53. The molecule has 2 aliphatic rings. The maximum Gasteiger partial charge on any atom is 0.240 e. The quantitative estimate of drug-likeness (QED) is 0.798. The largest absolute Gasteiger partial charge is 0.354 e. The third-order valence-electron chi connectivity index (χ3n) is 4.15. The van der Waals surface area contributed by atoms with Crippen LogP contribution in [0.1, 0.15) is 32.1 Å². The van der Waals surface area contributed by atoms with E-state index in [9.17, 15) is 10.1 Å². The molecule has 1 atom stereocenters. The molecular formula is C13H21N3O. The Morgan fingerprint density at radius 3 is 2.76 bits per heavy atom. The van der Waals surface area contributed by atoms with Crippen LogP contribution in [0.4, 0.5) is 0 Å². The molecule has 2 fully saturated rings. The van der Waals surface area contributed by atoms with E-state index in [4.69, 9.17) is 0 Å². The van der Waals surface area contributed by atoms with Gasteiger partial charge in [-0.15, -0.1) is 0 Å². The van der Waals surface area contributed by atoms with Crippen LogP contribution in [0.5, 0.6) is 0 Å². The van der Waals surface area contributed by atoms with Crippen molar-refractivity contribution in [3.63, 3.8) is 0 Å². The minimum atomic E-state index is -0.718. The van der Waals surface area contributed by atoms with E-state index in [0.29, 0.717) is 5.92 Å². The van der Waals surface area contributed by atoms with Gasteiger partial charge in [0.1, 0.15) is 5.41 Å². The Kier molecular flexibility index (Phi) is 3.68. The van der Waals surface area contributed by atoms with E-state index in [-0.39, 0.29) is 5.91 Å². The molecule has 1 unspecified atom stereocenters. The fourth-order valence-electron chi connectivity index (χ4n) is 2.97. The molecule has 0 aromatic heterocycles. The number of carbonyl (C=O) groups is 1. The summed E-state index contributed by atoms with van der Waals surface area (Å²) in [4.78, 5) is 14.4. The lowest BCUT2D eigenvalue weighted by atomic mass is 9.87. The number of nitrogens with one attached hydrogen (secondary N) is 1. The van der Waals surface area contributed by atoms with Gasteiger partial charge in [0.05, 0.1) is 6.07 Å². The van der Waals surface area contributed by atoms with E-state index in [1.807, 2.05) is 0 Å². The van der Waals surface area contributed by atoms with Gasteiger partial charge in [-0.3, -0.25) is 4.79 Å². The van der Waals surface area contributed by atoms with Crippen LogP contribution in [-0.4, -0.2) is 37.5 Å². The number of hydrogen-bond donors (Lipinski definition) is 1. The summed E-state index contributed by atoms with van der Waals surface area (Å²) >= 11 is 0. The van der Waals surface area contributed by atoms with Gasteiger partial charge in [-0.25, -0.2) is 0 Å². The molecule has 1 heterocycles. The van der Waals surface area contributed by atoms with Gasteiger partial charge < -0.3 is 10.2 Å². The van der Waals surface area contributed by atoms with E-state index >= 15 is 0 Å². The van der Waals surface area contributed by atoms with Crippen LogP contribution in [0, 0.1) is 22.7 Å². The summed E-state index contributed by atoms with van der Waals surface area (Å²) in [7, 11) is 2.11. The SMILES string of the molecule is CN1CCC(CNC(=O)C2(C#N)CCCC2)C1. The summed E-state index contributed by atoms with van der Waals surface area (Å²) in [5, 5.41) is 12.2. The van der Waals surface area contributed by atoms with Crippen molar-refractivity contribution in [2.75, 3.05) is 26.7 Å². The molecule has 2 rings (SSSR count). The molecule has 1 aliphatic heterocycles. The van der Waals surface area contributed by atoms with Gasteiger partial charge >= 0.3 is 0 Å². The lowest BCUT2D eigenvalue weighted by molar-refractivity contribution is -0.128. The van der Waals surface area contributed by atoms with Gasteiger partial charge in [0.15, 0.2) is 0 Å². The van der Waals surface area contributed by atoms with E-state index in [0.717, 1.165) is 51.7 Å². The molecule has 4 nitrogen and oxygen atoms in total. The zero-order valence-corrected chi connectivity index (χ0v) is 10.5. The maximum absolute atomic E-state index is 12.1. The van der Waals surface area contributed by atoms with Crippen molar-refractivity contribution in [1.82, 2.24) is 10.2 Å². The average Bonchev–Trinajstić information content (AvgIpc) is 2.95. The molecule has 17 heavy (non-hydrogen) atoms. The monoisotopic (exact) mass is 235 g/mol. The Hall–Kier alpha value is -1.08. The van der Waals surface area contributed by atoms with Gasteiger partial charge in [0, 0.05) is 13.1 Å². The number of nitriles is 1. The Bertz CT molecular complexity index is 328. The summed E-state index contributed by atoms with van der Waals surface area (Å²) < 4.78 is 0. The first kappa shape index (κ1) is 12.4. The number of nitrogens with zero attached hydrogens (tertiary/aromatic N) is 2. The Labute approximate surface area is 103 Å². The fraction of sp³-hybridized carbons (Fsp3) is 0.846. The standard InChI is InChI=1S/C13H21N3O/c1-16-7-4-11(9-16)8-15-12(17)13(10-14)5-2-3-6-13/h11H,2-9H2,1H3,(H,15,17). The van der Waals surface area contributed by atoms with Crippen molar-refractivity contribution in [2.24, 2.45) is 11.3 Å². The van der Waals surface area contributed by atoms with Gasteiger partial charge in [0.2, 0.25) is 5.91 Å². The van der Waals surface area contributed by atoms with Crippen LogP contribution in [0.3, 0.4) is 0 Å². The highest BCUT2D eigenvalue weighted by molar-refractivity contribution is 5.85. The van der Waals surface area contributed by atoms with Crippen molar-refractivity contribution in [3.8, 4) is 6.07 Å². The summed E-state index contributed by atoms with van der Waals surface area (Å²) in [6.45, 7) is 2.90. The average molecular weight is 235 g/mol. The molecule has 0 bridgehead atoms. The van der Waals surface area contributed by atoms with Crippen molar-refractivity contribution in [3.05, 3.63) is 0 Å². The van der Waals surface area contributed by atoms with Crippen LogP contribution in [-0.2, 0) is 4.79 Å². The molecule has 94 valence electrons. The highest BCUT2D eigenvalue weighted by Gasteiger charge is 2.41.